The fraction of sp³-hybridized carbons (Fsp3) is 1.00. The quantitative estimate of drug-likeness (QED) is 0.695. The largest absolute Gasteiger partial charge is 0.393 e. The molecule has 1 unspecified atom stereocenters. The Bertz CT molecular complexity index is 82.2. The van der Waals surface area contributed by atoms with E-state index >= 15 is 0 Å². The first-order valence-electron chi connectivity index (χ1n) is 4.97. The molecule has 0 amide bonds. The topological polar surface area (TPSA) is 49.7 Å². The lowest BCUT2D eigenvalue weighted by atomic mass is 10.2. The third-order valence-corrected chi connectivity index (χ3v) is 1.77. The van der Waals surface area contributed by atoms with Crippen LogP contribution in [0.1, 0.15) is 40.0 Å². The van der Waals surface area contributed by atoms with Crippen molar-refractivity contribution in [3.05, 3.63) is 0 Å². The van der Waals surface area contributed by atoms with Gasteiger partial charge >= 0.3 is 0 Å². The van der Waals surface area contributed by atoms with E-state index in [0.29, 0.717) is 6.61 Å². The summed E-state index contributed by atoms with van der Waals surface area (Å²) in [6, 6.07) is 0. The second-order valence-corrected chi connectivity index (χ2v) is 2.99. The van der Waals surface area contributed by atoms with E-state index < -0.39 is 0 Å². The molecule has 3 nitrogen and oxygen atoms in total. The Balaban J connectivity index is 0. The number of rotatable bonds is 5. The SMILES string of the molecule is CCC(O)CC.CCC(O)COC. The Kier molecular flexibility index (Phi) is 14.0. The summed E-state index contributed by atoms with van der Waals surface area (Å²) in [6.07, 6.45) is 2.20. The molecule has 13 heavy (non-hydrogen) atoms. The van der Waals surface area contributed by atoms with Crippen molar-refractivity contribution in [2.75, 3.05) is 13.7 Å². The minimum Gasteiger partial charge on any atom is -0.393 e. The summed E-state index contributed by atoms with van der Waals surface area (Å²) in [4.78, 5) is 0. The molecule has 0 rings (SSSR count). The van der Waals surface area contributed by atoms with E-state index in [1.165, 1.54) is 0 Å². The maximum atomic E-state index is 8.73. The van der Waals surface area contributed by atoms with E-state index in [9.17, 15) is 0 Å². The zero-order valence-corrected chi connectivity index (χ0v) is 9.29. The molecule has 0 aromatic carbocycles. The average molecular weight is 192 g/mol. The van der Waals surface area contributed by atoms with Crippen LogP contribution >= 0.6 is 0 Å². The molecule has 0 aliphatic carbocycles. The van der Waals surface area contributed by atoms with Crippen molar-refractivity contribution in [2.45, 2.75) is 52.2 Å². The Morgan fingerprint density at radius 1 is 0.923 bits per heavy atom. The molecule has 0 aliphatic heterocycles. The zero-order valence-electron chi connectivity index (χ0n) is 9.29. The standard InChI is InChI=1S/C5H12O2.C5H12O/c1-3-5(6)4-7-2;1-3-5(6)4-2/h5-6H,3-4H2,1-2H3;5-6H,3-4H2,1-2H3. The van der Waals surface area contributed by atoms with E-state index in [-0.39, 0.29) is 12.2 Å². The number of ether oxygens (including phenoxy) is 1. The lowest BCUT2D eigenvalue weighted by Gasteiger charge is -2.02. The maximum absolute atomic E-state index is 8.73. The van der Waals surface area contributed by atoms with Crippen molar-refractivity contribution in [2.24, 2.45) is 0 Å². The summed E-state index contributed by atoms with van der Waals surface area (Å²) in [6.45, 7) is 6.34. The lowest BCUT2D eigenvalue weighted by molar-refractivity contribution is 0.0625. The molecule has 0 aromatic rings. The summed E-state index contributed by atoms with van der Waals surface area (Å²) in [5, 5.41) is 17.4. The van der Waals surface area contributed by atoms with E-state index in [1.807, 2.05) is 20.8 Å². The Morgan fingerprint density at radius 3 is 1.38 bits per heavy atom. The molecule has 0 fully saturated rings. The molecular weight excluding hydrogens is 168 g/mol. The fourth-order valence-corrected chi connectivity index (χ4v) is 0.599. The van der Waals surface area contributed by atoms with Gasteiger partial charge in [-0.25, -0.2) is 0 Å². The number of methoxy groups -OCH3 is 1. The molecule has 3 heteroatoms. The molecule has 2 N–H and O–H groups in total. The first-order chi connectivity index (χ1) is 6.12. The van der Waals surface area contributed by atoms with Crippen LogP contribution in [-0.2, 0) is 4.74 Å². The minimum atomic E-state index is -0.273. The van der Waals surface area contributed by atoms with Crippen LogP contribution in [0, 0.1) is 0 Å². The van der Waals surface area contributed by atoms with E-state index in [0.717, 1.165) is 19.3 Å². The fourth-order valence-electron chi connectivity index (χ4n) is 0.599. The summed E-state index contributed by atoms with van der Waals surface area (Å²) >= 11 is 0. The highest BCUT2D eigenvalue weighted by Crippen LogP contribution is 1.92. The van der Waals surface area contributed by atoms with Crippen molar-refractivity contribution in [1.82, 2.24) is 0 Å². The van der Waals surface area contributed by atoms with Gasteiger partial charge in [0, 0.05) is 7.11 Å². The Labute approximate surface area is 81.7 Å². The van der Waals surface area contributed by atoms with E-state index in [1.54, 1.807) is 7.11 Å². The van der Waals surface area contributed by atoms with Gasteiger partial charge in [0.15, 0.2) is 0 Å². The first kappa shape index (κ1) is 15.4. The second-order valence-electron chi connectivity index (χ2n) is 2.99. The Morgan fingerprint density at radius 2 is 1.31 bits per heavy atom. The molecule has 0 saturated carbocycles. The third-order valence-electron chi connectivity index (χ3n) is 1.77. The van der Waals surface area contributed by atoms with Crippen LogP contribution < -0.4 is 0 Å². The first-order valence-corrected chi connectivity index (χ1v) is 4.97. The monoisotopic (exact) mass is 192 g/mol. The molecular formula is C10H24O3. The maximum Gasteiger partial charge on any atom is 0.0770 e. The Hall–Kier alpha value is -0.120. The highest BCUT2D eigenvalue weighted by Gasteiger charge is 1.95. The van der Waals surface area contributed by atoms with Gasteiger partial charge in [-0.15, -0.1) is 0 Å². The van der Waals surface area contributed by atoms with Gasteiger partial charge in [0.25, 0.3) is 0 Å². The number of hydrogen-bond acceptors (Lipinski definition) is 3. The van der Waals surface area contributed by atoms with Crippen molar-refractivity contribution in [3.63, 3.8) is 0 Å². The zero-order chi connectivity index (χ0) is 10.7. The van der Waals surface area contributed by atoms with Crippen molar-refractivity contribution in [1.29, 1.82) is 0 Å². The highest BCUT2D eigenvalue weighted by atomic mass is 16.5. The van der Waals surface area contributed by atoms with Gasteiger partial charge in [-0.1, -0.05) is 20.8 Å². The normalized spacial score (nSPS) is 12.2. The molecule has 1 atom stereocenters. The van der Waals surface area contributed by atoms with Gasteiger partial charge in [0.05, 0.1) is 18.8 Å². The predicted molar refractivity (Wildman–Crippen MR) is 54.8 cm³/mol. The number of aliphatic hydroxyl groups excluding tert-OH is 2. The van der Waals surface area contributed by atoms with Crippen LogP contribution in [0.25, 0.3) is 0 Å². The van der Waals surface area contributed by atoms with Crippen LogP contribution in [0.3, 0.4) is 0 Å². The van der Waals surface area contributed by atoms with Gasteiger partial charge < -0.3 is 14.9 Å². The summed E-state index contributed by atoms with van der Waals surface area (Å²) < 4.78 is 4.64. The van der Waals surface area contributed by atoms with Crippen molar-refractivity contribution < 1.29 is 14.9 Å². The van der Waals surface area contributed by atoms with Crippen LogP contribution in [0.2, 0.25) is 0 Å². The van der Waals surface area contributed by atoms with Crippen molar-refractivity contribution >= 4 is 0 Å². The molecule has 82 valence electrons. The molecule has 0 aliphatic rings. The lowest BCUT2D eigenvalue weighted by Crippen LogP contribution is -2.11. The highest BCUT2D eigenvalue weighted by molar-refractivity contribution is 4.45. The third kappa shape index (κ3) is 14.7. The smallest absolute Gasteiger partial charge is 0.0770 e. The van der Waals surface area contributed by atoms with E-state index in [4.69, 9.17) is 10.2 Å². The summed E-state index contributed by atoms with van der Waals surface area (Å²) in [5.41, 5.74) is 0. The molecule has 0 aromatic heterocycles. The van der Waals surface area contributed by atoms with Crippen LogP contribution in [0.5, 0.6) is 0 Å². The molecule has 0 saturated heterocycles. The second kappa shape index (κ2) is 11.9. The van der Waals surface area contributed by atoms with Crippen LogP contribution in [-0.4, -0.2) is 36.1 Å². The molecule has 0 spiro atoms. The summed E-state index contributed by atoms with van der Waals surface area (Å²) in [7, 11) is 1.58. The molecule has 0 heterocycles. The van der Waals surface area contributed by atoms with E-state index in [2.05, 4.69) is 4.74 Å². The van der Waals surface area contributed by atoms with Gasteiger partial charge in [-0.3, -0.25) is 0 Å². The average Bonchev–Trinajstić information content (AvgIpc) is 2.18. The minimum absolute atomic E-state index is 0.0648. The number of hydrogen-bond donors (Lipinski definition) is 2. The molecule has 0 radical (unpaired) electrons. The van der Waals surface area contributed by atoms with Gasteiger partial charge in [-0.2, -0.15) is 0 Å². The van der Waals surface area contributed by atoms with Gasteiger partial charge in [0.2, 0.25) is 0 Å². The van der Waals surface area contributed by atoms with Crippen LogP contribution in [0.4, 0.5) is 0 Å². The summed E-state index contributed by atoms with van der Waals surface area (Å²) in [5.74, 6) is 0. The predicted octanol–water partition coefficient (Wildman–Crippen LogP) is 1.57. The number of aliphatic hydroxyl groups is 2. The van der Waals surface area contributed by atoms with Gasteiger partial charge in [0.1, 0.15) is 0 Å². The van der Waals surface area contributed by atoms with Crippen molar-refractivity contribution in [3.8, 4) is 0 Å². The molecule has 0 bridgehead atoms. The van der Waals surface area contributed by atoms with Gasteiger partial charge in [-0.05, 0) is 19.3 Å². The van der Waals surface area contributed by atoms with Crippen LogP contribution in [0.15, 0.2) is 0 Å².